The first kappa shape index (κ1) is 21.0. The van der Waals surface area contributed by atoms with Gasteiger partial charge in [-0.3, -0.25) is 0 Å². The van der Waals surface area contributed by atoms with E-state index in [9.17, 15) is 10.2 Å². The molecule has 1 aliphatic rings. The molecule has 0 fully saturated rings. The molecule has 0 amide bonds. The van der Waals surface area contributed by atoms with Crippen LogP contribution in [0.3, 0.4) is 0 Å². The fraction of sp³-hybridized carbons (Fsp3) is 0.450. The minimum atomic E-state index is 0. The summed E-state index contributed by atoms with van der Waals surface area (Å²) in [5.41, 5.74) is 4.07. The molecule has 129 valence electrons. The first-order valence-corrected chi connectivity index (χ1v) is 8.14. The van der Waals surface area contributed by atoms with Crippen molar-refractivity contribution in [2.45, 2.75) is 52.4 Å². The molecule has 4 heteroatoms. The van der Waals surface area contributed by atoms with Gasteiger partial charge in [0.2, 0.25) is 0 Å². The molecule has 1 aromatic rings. The molecular formula is C20H28BO2V-. The van der Waals surface area contributed by atoms with Crippen molar-refractivity contribution in [1.29, 1.82) is 0 Å². The van der Waals surface area contributed by atoms with E-state index in [1.54, 1.807) is 12.1 Å². The molecule has 0 bridgehead atoms. The van der Waals surface area contributed by atoms with E-state index in [0.717, 1.165) is 43.6 Å². The van der Waals surface area contributed by atoms with Crippen LogP contribution < -0.4 is 0 Å². The quantitative estimate of drug-likeness (QED) is 0.449. The van der Waals surface area contributed by atoms with Crippen LogP contribution in [0.4, 0.5) is 0 Å². The van der Waals surface area contributed by atoms with E-state index in [0.29, 0.717) is 5.56 Å². The van der Waals surface area contributed by atoms with Crippen LogP contribution in [-0.2, 0) is 25.0 Å². The molecule has 2 N–H and O–H groups in total. The number of aromatic hydroxyl groups is 2. The first-order chi connectivity index (χ1) is 11.3. The minimum absolute atomic E-state index is 0. The summed E-state index contributed by atoms with van der Waals surface area (Å²) in [6.07, 6.45) is 6.12. The smallest absolute Gasteiger partial charge is 0.123 e. The van der Waals surface area contributed by atoms with E-state index in [1.165, 1.54) is 5.57 Å². The summed E-state index contributed by atoms with van der Waals surface area (Å²) in [4.78, 5) is 0. The number of phenolic OH excluding ortho intramolecular Hbond substituents is 2. The monoisotopic (exact) mass is 363 g/mol. The van der Waals surface area contributed by atoms with Crippen molar-refractivity contribution < 1.29 is 30.1 Å². The molecule has 3 radical (unpaired) electrons. The van der Waals surface area contributed by atoms with Crippen molar-refractivity contribution in [3.63, 3.8) is 0 Å². The maximum Gasteiger partial charge on any atom is 0.123 e. The number of allylic oxidation sites excluding steroid dienone is 3. The summed E-state index contributed by atoms with van der Waals surface area (Å²) in [6.45, 7) is 11.1. The molecule has 0 heterocycles. The topological polar surface area (TPSA) is 40.5 Å². The number of hydrogen-bond acceptors (Lipinski definition) is 2. The van der Waals surface area contributed by atoms with E-state index in [1.807, 2.05) is 6.92 Å². The van der Waals surface area contributed by atoms with Gasteiger partial charge in [0, 0.05) is 30.0 Å². The van der Waals surface area contributed by atoms with E-state index in [-0.39, 0.29) is 41.9 Å². The zero-order valence-electron chi connectivity index (χ0n) is 15.9. The first-order valence-electron chi connectivity index (χ1n) is 8.72. The van der Waals surface area contributed by atoms with Crippen LogP contribution in [0.25, 0.3) is 0 Å². The van der Waals surface area contributed by atoms with Crippen LogP contribution in [0, 0.1) is 12.7 Å². The maximum absolute atomic E-state index is 10.4. The molecule has 0 saturated heterocycles. The Kier molecular flexibility index (Phi) is 9.39. The van der Waals surface area contributed by atoms with Gasteiger partial charge in [-0.05, 0) is 56.7 Å². The molecule has 2 unspecified atom stereocenters. The predicted molar refractivity (Wildman–Crippen MR) is 98.9 cm³/mol. The van der Waals surface area contributed by atoms with Gasteiger partial charge in [0.15, 0.2) is 0 Å². The third-order valence-corrected chi connectivity index (χ3v) is 4.45. The normalized spacial score (nSPS) is 20.0. The third-order valence-electron chi connectivity index (χ3n) is 4.45. The molecule has 0 aliphatic heterocycles. The molecule has 2 rings (SSSR count). The van der Waals surface area contributed by atoms with Gasteiger partial charge in [0.1, 0.15) is 11.5 Å². The standard InChI is InChI=1S/C19H26O2.CH2B.V/c1-5-6-14-10-17(20)19(18(21)11-14)16-9-13(4)7-8-15(16)12(2)3;1-2;/h9-11,15-16,20-21H,2,5-8H2,1,3-4H3;1H2;/q;-1;/i;1D;. The van der Waals surface area contributed by atoms with Crippen molar-refractivity contribution in [3.8, 4) is 11.5 Å². The molecule has 2 nitrogen and oxygen atoms in total. The van der Waals surface area contributed by atoms with Crippen LogP contribution in [-0.4, -0.2) is 18.1 Å². The van der Waals surface area contributed by atoms with Gasteiger partial charge in [-0.2, -0.15) is 7.85 Å². The molecule has 1 aromatic carbocycles. The molecule has 0 aromatic heterocycles. The van der Waals surface area contributed by atoms with Crippen LogP contribution in [0.5, 0.6) is 11.5 Å². The van der Waals surface area contributed by atoms with Crippen molar-refractivity contribution in [1.82, 2.24) is 0 Å². The summed E-state index contributed by atoms with van der Waals surface area (Å²) < 4.78 is 5.86. The summed E-state index contributed by atoms with van der Waals surface area (Å²) in [7, 11) is 4.39. The molecule has 24 heavy (non-hydrogen) atoms. The van der Waals surface area contributed by atoms with Crippen LogP contribution in [0.2, 0.25) is 0 Å². The number of rotatable bonds is 4. The van der Waals surface area contributed by atoms with Gasteiger partial charge >= 0.3 is 0 Å². The Morgan fingerprint density at radius 1 is 1.42 bits per heavy atom. The van der Waals surface area contributed by atoms with Crippen LogP contribution in [0.1, 0.15) is 58.4 Å². The Balaban J connectivity index is 0.00000134. The zero-order chi connectivity index (χ0) is 18.3. The Morgan fingerprint density at radius 2 is 1.96 bits per heavy atom. The number of phenols is 2. The summed E-state index contributed by atoms with van der Waals surface area (Å²) in [5, 5.41) is 20.8. The number of aryl methyl sites for hydroxylation is 1. The Bertz CT molecular complexity index is 578. The Morgan fingerprint density at radius 3 is 2.42 bits per heavy atom. The van der Waals surface area contributed by atoms with Gasteiger partial charge in [-0.1, -0.05) is 37.1 Å². The fourth-order valence-electron chi connectivity index (χ4n) is 3.36. The van der Waals surface area contributed by atoms with Crippen molar-refractivity contribution in [2.75, 3.05) is 0 Å². The second kappa shape index (κ2) is 10.7. The summed E-state index contributed by atoms with van der Waals surface area (Å²) in [6, 6.07) is 3.59. The van der Waals surface area contributed by atoms with Gasteiger partial charge in [-0.25, -0.2) is 1.37 Å². The second-order valence-electron chi connectivity index (χ2n) is 6.33. The SMILES string of the molecule is C=C(C)C1CCC(C)=CC1c1c(O)cc(CCC)cc1O.[2H][CH-][B].[V]. The largest absolute Gasteiger partial charge is 0.507 e. The van der Waals surface area contributed by atoms with E-state index >= 15 is 0 Å². The average molecular weight is 363 g/mol. The molecule has 0 saturated carbocycles. The van der Waals surface area contributed by atoms with E-state index < -0.39 is 0 Å². The predicted octanol–water partition coefficient (Wildman–Crippen LogP) is 5.01. The van der Waals surface area contributed by atoms with Crippen LogP contribution in [0.15, 0.2) is 35.9 Å². The molecular weight excluding hydrogens is 334 g/mol. The third kappa shape index (κ3) is 5.50. The maximum atomic E-state index is 10.4. The Labute approximate surface area is 161 Å². The van der Waals surface area contributed by atoms with Crippen LogP contribution >= 0.6 is 0 Å². The van der Waals surface area contributed by atoms with E-state index in [4.69, 9.17) is 1.37 Å². The zero-order valence-corrected chi connectivity index (χ0v) is 16.3. The van der Waals surface area contributed by atoms with Gasteiger partial charge < -0.3 is 17.0 Å². The number of benzene rings is 1. The van der Waals surface area contributed by atoms with Gasteiger partial charge in [-0.15, -0.1) is 0 Å². The fourth-order valence-corrected chi connectivity index (χ4v) is 3.36. The van der Waals surface area contributed by atoms with E-state index in [2.05, 4.69) is 34.3 Å². The molecule has 0 spiro atoms. The summed E-state index contributed by atoms with van der Waals surface area (Å²) in [5.74, 6) is 0.718. The number of hydrogen-bond donors (Lipinski definition) is 2. The second-order valence-corrected chi connectivity index (χ2v) is 6.33. The summed E-state index contributed by atoms with van der Waals surface area (Å²) >= 11 is 0. The molecule has 2 atom stereocenters. The van der Waals surface area contributed by atoms with Gasteiger partial charge in [0.25, 0.3) is 0 Å². The minimum Gasteiger partial charge on any atom is -0.507 e. The van der Waals surface area contributed by atoms with Crippen molar-refractivity contribution in [2.24, 2.45) is 5.92 Å². The molecule has 1 aliphatic carbocycles. The average Bonchev–Trinajstić information content (AvgIpc) is 2.47. The van der Waals surface area contributed by atoms with Crippen molar-refractivity contribution >= 4 is 7.85 Å². The van der Waals surface area contributed by atoms with Gasteiger partial charge in [0.05, 0.1) is 0 Å². The Hall–Kier alpha value is -1.05. The van der Waals surface area contributed by atoms with Crippen molar-refractivity contribution in [3.05, 3.63) is 53.9 Å².